The summed E-state index contributed by atoms with van der Waals surface area (Å²) in [5, 5.41) is 9.02. The number of rotatable bonds is 7. The summed E-state index contributed by atoms with van der Waals surface area (Å²) in [6.07, 6.45) is 2.16. The molecule has 68 valence electrons. The highest BCUT2D eigenvalue weighted by atomic mass is 16.5. The topological polar surface area (TPSA) is 79.2 Å². The summed E-state index contributed by atoms with van der Waals surface area (Å²) < 4.78 is 4.85. The Morgan fingerprint density at radius 3 is 2.92 bits per heavy atom. The lowest BCUT2D eigenvalue weighted by atomic mass is 10.4. The van der Waals surface area contributed by atoms with Crippen molar-refractivity contribution in [1.29, 1.82) is 5.41 Å². The quantitative estimate of drug-likeness (QED) is 0.239. The summed E-state index contributed by atoms with van der Waals surface area (Å²) in [4.78, 5) is 20.5. The maximum absolute atomic E-state index is 10.7. The van der Waals surface area contributed by atoms with Gasteiger partial charge in [0.25, 0.3) is 0 Å². The minimum atomic E-state index is -0.254. The first-order valence-electron chi connectivity index (χ1n) is 3.58. The predicted octanol–water partition coefficient (Wildman–Crippen LogP) is -0.295. The molecule has 0 saturated heterocycles. The standard InChI is InChI=1S/C7H12N2O3/c8-3-2-7(11)9-6-12-5-1-4-10/h3-4,8H,1-2,5-6H2,(H,9,11). The average molecular weight is 172 g/mol. The van der Waals surface area contributed by atoms with Crippen LogP contribution in [0.5, 0.6) is 0 Å². The van der Waals surface area contributed by atoms with Crippen molar-refractivity contribution in [2.75, 3.05) is 13.3 Å². The Morgan fingerprint density at radius 1 is 1.58 bits per heavy atom. The van der Waals surface area contributed by atoms with E-state index in [9.17, 15) is 9.59 Å². The van der Waals surface area contributed by atoms with Crippen LogP contribution in [-0.2, 0) is 14.3 Å². The van der Waals surface area contributed by atoms with Crippen LogP contribution >= 0.6 is 0 Å². The molecule has 0 aromatic heterocycles. The van der Waals surface area contributed by atoms with Crippen LogP contribution in [0.3, 0.4) is 0 Å². The molecule has 0 aliphatic rings. The van der Waals surface area contributed by atoms with E-state index in [4.69, 9.17) is 10.1 Å². The molecular formula is C7H12N2O3. The number of amides is 1. The summed E-state index contributed by atoms with van der Waals surface area (Å²) in [6, 6.07) is 0. The minimum Gasteiger partial charge on any atom is -0.361 e. The average Bonchev–Trinajstić information content (AvgIpc) is 2.05. The Bertz CT molecular complexity index is 159. The number of carbonyl (C=O) groups excluding carboxylic acids is 2. The molecule has 0 aliphatic heterocycles. The van der Waals surface area contributed by atoms with E-state index in [1.54, 1.807) is 0 Å². The molecule has 0 atom stereocenters. The van der Waals surface area contributed by atoms with Crippen molar-refractivity contribution in [3.8, 4) is 0 Å². The van der Waals surface area contributed by atoms with Gasteiger partial charge in [-0.1, -0.05) is 0 Å². The summed E-state index contributed by atoms with van der Waals surface area (Å²) >= 11 is 0. The summed E-state index contributed by atoms with van der Waals surface area (Å²) in [7, 11) is 0. The van der Waals surface area contributed by atoms with Gasteiger partial charge in [0.2, 0.25) is 5.91 Å². The molecule has 12 heavy (non-hydrogen) atoms. The maximum atomic E-state index is 10.7. The Hall–Kier alpha value is -1.23. The van der Waals surface area contributed by atoms with Crippen molar-refractivity contribution in [2.24, 2.45) is 0 Å². The smallest absolute Gasteiger partial charge is 0.227 e. The number of carbonyl (C=O) groups is 2. The van der Waals surface area contributed by atoms with Gasteiger partial charge in [-0.3, -0.25) is 4.79 Å². The zero-order valence-electron chi connectivity index (χ0n) is 6.71. The van der Waals surface area contributed by atoms with Gasteiger partial charge in [-0.05, 0) is 0 Å². The second-order valence-electron chi connectivity index (χ2n) is 2.02. The first-order valence-corrected chi connectivity index (χ1v) is 3.58. The van der Waals surface area contributed by atoms with Crippen LogP contribution in [0.15, 0.2) is 0 Å². The van der Waals surface area contributed by atoms with E-state index in [0.29, 0.717) is 13.0 Å². The predicted molar refractivity (Wildman–Crippen MR) is 43.0 cm³/mol. The Morgan fingerprint density at radius 2 is 2.33 bits per heavy atom. The number of hydrogen-bond donors (Lipinski definition) is 2. The molecule has 2 N–H and O–H groups in total. The van der Waals surface area contributed by atoms with Crippen LogP contribution < -0.4 is 5.32 Å². The number of ether oxygens (including phenoxy) is 1. The van der Waals surface area contributed by atoms with Crippen molar-refractivity contribution in [3.63, 3.8) is 0 Å². The van der Waals surface area contributed by atoms with Crippen LogP contribution in [-0.4, -0.2) is 31.7 Å². The monoisotopic (exact) mass is 172 g/mol. The zero-order valence-corrected chi connectivity index (χ0v) is 6.71. The van der Waals surface area contributed by atoms with Gasteiger partial charge in [0.1, 0.15) is 13.0 Å². The maximum Gasteiger partial charge on any atom is 0.227 e. The SMILES string of the molecule is N=CCC(=O)NCOCCC=O. The lowest BCUT2D eigenvalue weighted by Crippen LogP contribution is -2.26. The summed E-state index contributed by atoms with van der Waals surface area (Å²) in [5.41, 5.74) is 0. The fourth-order valence-electron chi connectivity index (χ4n) is 0.500. The van der Waals surface area contributed by atoms with Gasteiger partial charge in [0, 0.05) is 12.6 Å². The van der Waals surface area contributed by atoms with E-state index < -0.39 is 0 Å². The molecule has 0 aromatic rings. The molecule has 0 aliphatic carbocycles. The summed E-state index contributed by atoms with van der Waals surface area (Å²) in [5.74, 6) is -0.254. The minimum absolute atomic E-state index is 0.0665. The van der Waals surface area contributed by atoms with E-state index in [1.165, 1.54) is 0 Å². The molecule has 0 bridgehead atoms. The fraction of sp³-hybridized carbons (Fsp3) is 0.571. The van der Waals surface area contributed by atoms with Crippen LogP contribution in [0, 0.1) is 5.41 Å². The van der Waals surface area contributed by atoms with Crippen molar-refractivity contribution < 1.29 is 14.3 Å². The first kappa shape index (κ1) is 10.8. The molecule has 5 heteroatoms. The van der Waals surface area contributed by atoms with E-state index in [-0.39, 0.29) is 19.1 Å². The van der Waals surface area contributed by atoms with E-state index in [1.807, 2.05) is 0 Å². The third-order valence-corrected chi connectivity index (χ3v) is 1.04. The van der Waals surface area contributed by atoms with Gasteiger partial charge in [-0.15, -0.1) is 0 Å². The van der Waals surface area contributed by atoms with Crippen molar-refractivity contribution in [3.05, 3.63) is 0 Å². The van der Waals surface area contributed by atoms with Gasteiger partial charge in [0.05, 0.1) is 13.0 Å². The molecule has 0 unspecified atom stereocenters. The van der Waals surface area contributed by atoms with Crippen LogP contribution in [0.25, 0.3) is 0 Å². The van der Waals surface area contributed by atoms with Gasteiger partial charge in [-0.25, -0.2) is 0 Å². The lowest BCUT2D eigenvalue weighted by molar-refractivity contribution is -0.121. The highest BCUT2D eigenvalue weighted by Gasteiger charge is 1.95. The van der Waals surface area contributed by atoms with E-state index >= 15 is 0 Å². The van der Waals surface area contributed by atoms with Crippen LogP contribution in [0.4, 0.5) is 0 Å². The van der Waals surface area contributed by atoms with Crippen LogP contribution in [0.1, 0.15) is 12.8 Å². The van der Waals surface area contributed by atoms with Crippen molar-refractivity contribution >= 4 is 18.4 Å². The van der Waals surface area contributed by atoms with Crippen molar-refractivity contribution in [2.45, 2.75) is 12.8 Å². The van der Waals surface area contributed by atoms with E-state index in [0.717, 1.165) is 12.5 Å². The highest BCUT2D eigenvalue weighted by molar-refractivity contribution is 5.88. The molecule has 0 spiro atoms. The largest absolute Gasteiger partial charge is 0.361 e. The third kappa shape index (κ3) is 6.88. The number of aldehydes is 1. The molecular weight excluding hydrogens is 160 g/mol. The molecule has 0 saturated carbocycles. The zero-order chi connectivity index (χ0) is 9.23. The van der Waals surface area contributed by atoms with Gasteiger partial charge >= 0.3 is 0 Å². The second kappa shape index (κ2) is 7.87. The molecule has 0 heterocycles. The fourth-order valence-corrected chi connectivity index (χ4v) is 0.500. The lowest BCUT2D eigenvalue weighted by Gasteiger charge is -2.02. The first-order chi connectivity index (χ1) is 5.81. The Labute approximate surface area is 70.6 Å². The highest BCUT2D eigenvalue weighted by Crippen LogP contribution is 1.77. The Balaban J connectivity index is 3.13. The molecule has 0 rings (SSSR count). The molecule has 1 amide bonds. The van der Waals surface area contributed by atoms with Gasteiger partial charge < -0.3 is 20.3 Å². The van der Waals surface area contributed by atoms with Gasteiger partial charge in [-0.2, -0.15) is 0 Å². The molecule has 0 fully saturated rings. The summed E-state index contributed by atoms with van der Waals surface area (Å²) in [6.45, 7) is 0.412. The molecule has 0 radical (unpaired) electrons. The second-order valence-corrected chi connectivity index (χ2v) is 2.02. The van der Waals surface area contributed by atoms with Gasteiger partial charge in [0.15, 0.2) is 0 Å². The molecule has 0 aromatic carbocycles. The van der Waals surface area contributed by atoms with Crippen LogP contribution in [0.2, 0.25) is 0 Å². The number of hydrogen-bond acceptors (Lipinski definition) is 4. The van der Waals surface area contributed by atoms with Crippen molar-refractivity contribution in [1.82, 2.24) is 5.32 Å². The molecule has 5 nitrogen and oxygen atoms in total. The Kier molecular flexibility index (Phi) is 7.07. The van der Waals surface area contributed by atoms with E-state index in [2.05, 4.69) is 5.32 Å². The number of nitrogens with one attached hydrogen (secondary N) is 2. The third-order valence-electron chi connectivity index (χ3n) is 1.04. The normalized spacial score (nSPS) is 9.00.